The summed E-state index contributed by atoms with van der Waals surface area (Å²) >= 11 is 0. The Bertz CT molecular complexity index is 799. The van der Waals surface area contributed by atoms with Crippen molar-refractivity contribution >= 4 is 5.91 Å². The van der Waals surface area contributed by atoms with Crippen LogP contribution < -0.4 is 5.32 Å². The van der Waals surface area contributed by atoms with Gasteiger partial charge in [0.15, 0.2) is 5.76 Å². The average Bonchev–Trinajstić information content (AvgIpc) is 3.24. The van der Waals surface area contributed by atoms with Crippen molar-refractivity contribution in [2.45, 2.75) is 26.3 Å². The Morgan fingerprint density at radius 3 is 2.83 bits per heavy atom. The van der Waals surface area contributed by atoms with Gasteiger partial charge in [0.05, 0.1) is 18.5 Å². The molecular weight excluding hydrogens is 296 g/mol. The SMILES string of the molecule is CC(C)c1cc(C(=O)NCc2cc(-c3ccco3)on2)n(C)n1. The van der Waals surface area contributed by atoms with E-state index in [1.807, 2.05) is 13.8 Å². The number of hydrogen-bond donors (Lipinski definition) is 1. The molecule has 0 saturated heterocycles. The van der Waals surface area contributed by atoms with Gasteiger partial charge in [-0.25, -0.2) is 0 Å². The topological polar surface area (TPSA) is 86.1 Å². The van der Waals surface area contributed by atoms with Crippen LogP contribution in [0.5, 0.6) is 0 Å². The minimum absolute atomic E-state index is 0.200. The molecule has 0 atom stereocenters. The van der Waals surface area contributed by atoms with Crippen LogP contribution in [-0.2, 0) is 13.6 Å². The van der Waals surface area contributed by atoms with Crippen molar-refractivity contribution in [3.63, 3.8) is 0 Å². The molecule has 3 heterocycles. The zero-order valence-corrected chi connectivity index (χ0v) is 13.2. The van der Waals surface area contributed by atoms with E-state index < -0.39 is 0 Å². The first-order valence-corrected chi connectivity index (χ1v) is 7.36. The van der Waals surface area contributed by atoms with Gasteiger partial charge in [-0.2, -0.15) is 5.10 Å². The number of carbonyl (C=O) groups is 1. The van der Waals surface area contributed by atoms with Gasteiger partial charge < -0.3 is 14.3 Å². The number of rotatable bonds is 5. The Labute approximate surface area is 133 Å². The number of nitrogens with one attached hydrogen (secondary N) is 1. The van der Waals surface area contributed by atoms with Gasteiger partial charge in [-0.05, 0) is 24.1 Å². The van der Waals surface area contributed by atoms with Crippen LogP contribution in [0.1, 0.15) is 41.6 Å². The maximum absolute atomic E-state index is 12.3. The molecule has 0 aromatic carbocycles. The fourth-order valence-corrected chi connectivity index (χ4v) is 2.18. The first-order chi connectivity index (χ1) is 11.0. The summed E-state index contributed by atoms with van der Waals surface area (Å²) in [5, 5.41) is 11.1. The third-order valence-electron chi connectivity index (χ3n) is 3.48. The molecular formula is C16H18N4O3. The van der Waals surface area contributed by atoms with Crippen LogP contribution >= 0.6 is 0 Å². The number of aryl methyl sites for hydroxylation is 1. The number of aromatic nitrogens is 3. The number of amides is 1. The van der Waals surface area contributed by atoms with Gasteiger partial charge >= 0.3 is 0 Å². The maximum Gasteiger partial charge on any atom is 0.269 e. The lowest BCUT2D eigenvalue weighted by molar-refractivity contribution is 0.0940. The summed E-state index contributed by atoms with van der Waals surface area (Å²) in [7, 11) is 1.76. The van der Waals surface area contributed by atoms with Gasteiger partial charge in [0.1, 0.15) is 11.4 Å². The lowest BCUT2D eigenvalue weighted by Crippen LogP contribution is -2.25. The molecule has 0 aliphatic carbocycles. The van der Waals surface area contributed by atoms with Crippen LogP contribution in [-0.4, -0.2) is 20.8 Å². The van der Waals surface area contributed by atoms with Gasteiger partial charge in [-0.15, -0.1) is 0 Å². The Balaban J connectivity index is 1.65. The quantitative estimate of drug-likeness (QED) is 0.782. The van der Waals surface area contributed by atoms with Gasteiger partial charge in [0.25, 0.3) is 5.91 Å². The van der Waals surface area contributed by atoms with Crippen molar-refractivity contribution in [3.05, 3.63) is 47.6 Å². The van der Waals surface area contributed by atoms with Crippen molar-refractivity contribution in [1.82, 2.24) is 20.3 Å². The van der Waals surface area contributed by atoms with Crippen molar-refractivity contribution in [1.29, 1.82) is 0 Å². The molecule has 0 bridgehead atoms. The standard InChI is InChI=1S/C16H18N4O3/c1-10(2)12-8-13(20(3)18-12)16(21)17-9-11-7-15(23-19-11)14-5-4-6-22-14/h4-8,10H,9H2,1-3H3,(H,17,21). The smallest absolute Gasteiger partial charge is 0.269 e. The Morgan fingerprint density at radius 2 is 2.17 bits per heavy atom. The summed E-state index contributed by atoms with van der Waals surface area (Å²) in [6.45, 7) is 4.34. The van der Waals surface area contributed by atoms with E-state index in [0.717, 1.165) is 5.69 Å². The van der Waals surface area contributed by atoms with Gasteiger partial charge in [-0.3, -0.25) is 9.48 Å². The summed E-state index contributed by atoms with van der Waals surface area (Å²) < 4.78 is 12.0. The molecule has 0 aliphatic heterocycles. The van der Waals surface area contributed by atoms with Crippen LogP contribution in [0.25, 0.3) is 11.5 Å². The minimum Gasteiger partial charge on any atom is -0.461 e. The van der Waals surface area contributed by atoms with Crippen LogP contribution in [0.3, 0.4) is 0 Å². The lowest BCUT2D eigenvalue weighted by atomic mass is 10.1. The average molecular weight is 314 g/mol. The van der Waals surface area contributed by atoms with E-state index in [0.29, 0.717) is 22.9 Å². The first-order valence-electron chi connectivity index (χ1n) is 7.36. The predicted molar refractivity (Wildman–Crippen MR) is 82.7 cm³/mol. The molecule has 0 radical (unpaired) electrons. The zero-order valence-electron chi connectivity index (χ0n) is 13.2. The van der Waals surface area contributed by atoms with E-state index in [4.69, 9.17) is 8.94 Å². The second-order valence-electron chi connectivity index (χ2n) is 5.58. The molecule has 7 nitrogen and oxygen atoms in total. The third-order valence-corrected chi connectivity index (χ3v) is 3.48. The van der Waals surface area contributed by atoms with Crippen molar-refractivity contribution in [3.8, 4) is 11.5 Å². The molecule has 3 rings (SSSR count). The number of furan rings is 1. The van der Waals surface area contributed by atoms with Crippen LogP contribution in [0, 0.1) is 0 Å². The fourth-order valence-electron chi connectivity index (χ4n) is 2.18. The number of hydrogen-bond acceptors (Lipinski definition) is 5. The predicted octanol–water partition coefficient (Wildman–Crippen LogP) is 2.72. The Hall–Kier alpha value is -2.83. The summed E-state index contributed by atoms with van der Waals surface area (Å²) in [5.41, 5.74) is 2.03. The molecule has 0 unspecified atom stereocenters. The van der Waals surface area contributed by atoms with E-state index in [9.17, 15) is 4.79 Å². The lowest BCUT2D eigenvalue weighted by Gasteiger charge is -2.02. The van der Waals surface area contributed by atoms with Crippen LogP contribution in [0.15, 0.2) is 39.5 Å². The molecule has 0 fully saturated rings. The van der Waals surface area contributed by atoms with E-state index >= 15 is 0 Å². The van der Waals surface area contributed by atoms with Gasteiger partial charge in [0.2, 0.25) is 5.76 Å². The largest absolute Gasteiger partial charge is 0.461 e. The Kier molecular flexibility index (Phi) is 4.01. The van der Waals surface area contributed by atoms with Crippen LogP contribution in [0.4, 0.5) is 0 Å². The molecule has 3 aromatic heterocycles. The van der Waals surface area contributed by atoms with Crippen molar-refractivity contribution < 1.29 is 13.7 Å². The molecule has 1 amide bonds. The summed E-state index contributed by atoms with van der Waals surface area (Å²) in [6, 6.07) is 7.10. The van der Waals surface area contributed by atoms with Crippen LogP contribution in [0.2, 0.25) is 0 Å². The Morgan fingerprint density at radius 1 is 1.35 bits per heavy atom. The molecule has 1 N–H and O–H groups in total. The van der Waals surface area contributed by atoms with Gasteiger partial charge in [-0.1, -0.05) is 19.0 Å². The number of carbonyl (C=O) groups excluding carboxylic acids is 1. The molecule has 0 saturated carbocycles. The molecule has 7 heteroatoms. The first kappa shape index (κ1) is 15.1. The van der Waals surface area contributed by atoms with E-state index in [1.54, 1.807) is 42.3 Å². The highest BCUT2D eigenvalue weighted by atomic mass is 16.5. The van der Waals surface area contributed by atoms with Crippen molar-refractivity contribution in [2.24, 2.45) is 7.05 Å². The van der Waals surface area contributed by atoms with Gasteiger partial charge in [0, 0.05) is 13.1 Å². The molecule has 120 valence electrons. The minimum atomic E-state index is -0.200. The summed E-state index contributed by atoms with van der Waals surface area (Å²) in [6.07, 6.45) is 1.56. The van der Waals surface area contributed by atoms with E-state index in [1.165, 1.54) is 0 Å². The monoisotopic (exact) mass is 314 g/mol. The second kappa shape index (κ2) is 6.12. The zero-order chi connectivity index (χ0) is 16.4. The normalized spacial score (nSPS) is 11.1. The molecule has 0 aliphatic rings. The number of nitrogens with zero attached hydrogens (tertiary/aromatic N) is 3. The molecule has 0 spiro atoms. The highest BCUT2D eigenvalue weighted by Crippen LogP contribution is 2.20. The molecule has 3 aromatic rings. The maximum atomic E-state index is 12.3. The van der Waals surface area contributed by atoms with E-state index in [2.05, 4.69) is 15.6 Å². The highest BCUT2D eigenvalue weighted by Gasteiger charge is 2.16. The highest BCUT2D eigenvalue weighted by molar-refractivity contribution is 5.92. The fraction of sp³-hybridized carbons (Fsp3) is 0.312. The van der Waals surface area contributed by atoms with Crippen molar-refractivity contribution in [2.75, 3.05) is 0 Å². The molecule has 23 heavy (non-hydrogen) atoms. The summed E-state index contributed by atoms with van der Waals surface area (Å²) in [4.78, 5) is 12.3. The summed E-state index contributed by atoms with van der Waals surface area (Å²) in [5.74, 6) is 1.20. The second-order valence-corrected chi connectivity index (χ2v) is 5.58. The third kappa shape index (κ3) is 3.18. The van der Waals surface area contributed by atoms with E-state index in [-0.39, 0.29) is 18.4 Å².